The molecule has 8 heteroatoms. The van der Waals surface area contributed by atoms with E-state index < -0.39 is 5.97 Å². The number of carboxylic acid groups (broad SMARTS) is 1. The highest BCUT2D eigenvalue weighted by Gasteiger charge is 2.27. The number of likely N-dealkylation sites (tertiary alicyclic amines) is 1. The molecule has 1 saturated heterocycles. The molecule has 2 aromatic rings. The molecule has 0 atom stereocenters. The van der Waals surface area contributed by atoms with Gasteiger partial charge in [0.2, 0.25) is 0 Å². The summed E-state index contributed by atoms with van der Waals surface area (Å²) in [6.45, 7) is 5.00. The Kier molecular flexibility index (Phi) is 5.31. The van der Waals surface area contributed by atoms with Gasteiger partial charge < -0.3 is 14.7 Å². The Morgan fingerprint density at radius 3 is 2.81 bits per heavy atom. The van der Waals surface area contributed by atoms with E-state index in [0.717, 1.165) is 0 Å². The normalized spacial score (nSPS) is 14.8. The van der Waals surface area contributed by atoms with Gasteiger partial charge in [-0.05, 0) is 25.0 Å². The lowest BCUT2D eigenvalue weighted by Gasteiger charge is -2.32. The predicted octanol–water partition coefficient (Wildman–Crippen LogP) is 2.02. The van der Waals surface area contributed by atoms with Crippen LogP contribution in [0.25, 0.3) is 0 Å². The van der Waals surface area contributed by atoms with Gasteiger partial charge >= 0.3 is 5.97 Å². The molecule has 3 rings (SSSR count). The van der Waals surface area contributed by atoms with Gasteiger partial charge in [0.05, 0.1) is 17.8 Å². The standard InChI is InChI=1S/C18H20N4O4/c1-2-10-26-15-4-3-7-19-16(15)17(23)21-8-5-14(6-9-21)22-12-13(11-20-22)18(24)25/h2-4,7,11-12,14H,1,5-6,8-10H2,(H,24,25). The molecule has 1 N–H and O–H groups in total. The summed E-state index contributed by atoms with van der Waals surface area (Å²) >= 11 is 0. The largest absolute Gasteiger partial charge is 0.487 e. The summed E-state index contributed by atoms with van der Waals surface area (Å²) in [4.78, 5) is 29.7. The van der Waals surface area contributed by atoms with Gasteiger partial charge in [0.25, 0.3) is 5.91 Å². The summed E-state index contributed by atoms with van der Waals surface area (Å²) in [7, 11) is 0. The molecule has 1 aliphatic rings. The quantitative estimate of drug-likeness (QED) is 0.795. The molecule has 136 valence electrons. The maximum Gasteiger partial charge on any atom is 0.338 e. The van der Waals surface area contributed by atoms with E-state index in [1.165, 1.54) is 12.4 Å². The number of carbonyl (C=O) groups is 2. The fourth-order valence-electron chi connectivity index (χ4n) is 2.95. The van der Waals surface area contributed by atoms with Gasteiger partial charge in [-0.25, -0.2) is 9.78 Å². The molecule has 3 heterocycles. The molecular formula is C18H20N4O4. The second-order valence-electron chi connectivity index (χ2n) is 5.99. The molecule has 1 amide bonds. The zero-order chi connectivity index (χ0) is 18.5. The number of pyridine rings is 1. The summed E-state index contributed by atoms with van der Waals surface area (Å²) in [5.74, 6) is -0.724. The first kappa shape index (κ1) is 17.7. The van der Waals surface area contributed by atoms with E-state index in [2.05, 4.69) is 16.7 Å². The average molecular weight is 356 g/mol. The average Bonchev–Trinajstić information content (AvgIpc) is 3.17. The van der Waals surface area contributed by atoms with Crippen molar-refractivity contribution >= 4 is 11.9 Å². The highest BCUT2D eigenvalue weighted by molar-refractivity contribution is 5.95. The second kappa shape index (κ2) is 7.81. The molecule has 2 aromatic heterocycles. The number of ether oxygens (including phenoxy) is 1. The van der Waals surface area contributed by atoms with Crippen LogP contribution in [0.3, 0.4) is 0 Å². The van der Waals surface area contributed by atoms with Gasteiger partial charge in [-0.1, -0.05) is 12.7 Å². The molecule has 26 heavy (non-hydrogen) atoms. The van der Waals surface area contributed by atoms with Crippen LogP contribution in [-0.2, 0) is 0 Å². The van der Waals surface area contributed by atoms with Crippen LogP contribution in [0.4, 0.5) is 0 Å². The molecular weight excluding hydrogens is 336 g/mol. The lowest BCUT2D eigenvalue weighted by atomic mass is 10.0. The summed E-state index contributed by atoms with van der Waals surface area (Å²) < 4.78 is 7.19. The van der Waals surface area contributed by atoms with Crippen molar-refractivity contribution in [3.63, 3.8) is 0 Å². The highest BCUT2D eigenvalue weighted by Crippen LogP contribution is 2.25. The van der Waals surface area contributed by atoms with Crippen molar-refractivity contribution in [3.05, 3.63) is 54.6 Å². The molecule has 1 fully saturated rings. The number of piperidine rings is 1. The Labute approximate surface area is 150 Å². The van der Waals surface area contributed by atoms with Crippen LogP contribution in [0.1, 0.15) is 39.7 Å². The van der Waals surface area contributed by atoms with Crippen LogP contribution in [0.2, 0.25) is 0 Å². The Morgan fingerprint density at radius 1 is 1.38 bits per heavy atom. The van der Waals surface area contributed by atoms with E-state index >= 15 is 0 Å². The van der Waals surface area contributed by atoms with Gasteiger partial charge in [-0.15, -0.1) is 0 Å². The van der Waals surface area contributed by atoms with Crippen LogP contribution >= 0.6 is 0 Å². The number of amides is 1. The molecule has 8 nitrogen and oxygen atoms in total. The summed E-state index contributed by atoms with van der Waals surface area (Å²) in [6.07, 6.45) is 7.45. The zero-order valence-electron chi connectivity index (χ0n) is 14.2. The fraction of sp³-hybridized carbons (Fsp3) is 0.333. The maximum absolute atomic E-state index is 12.8. The van der Waals surface area contributed by atoms with Crippen LogP contribution in [0, 0.1) is 0 Å². The summed E-state index contributed by atoms with van der Waals surface area (Å²) in [5.41, 5.74) is 0.459. The predicted molar refractivity (Wildman–Crippen MR) is 93.3 cm³/mol. The number of aromatic nitrogens is 3. The van der Waals surface area contributed by atoms with E-state index in [0.29, 0.717) is 44.0 Å². The van der Waals surface area contributed by atoms with Crippen molar-refractivity contribution in [3.8, 4) is 5.75 Å². The lowest BCUT2D eigenvalue weighted by molar-refractivity contribution is 0.0679. The number of hydrogen-bond donors (Lipinski definition) is 1. The highest BCUT2D eigenvalue weighted by atomic mass is 16.5. The number of carboxylic acids is 1. The number of rotatable bonds is 6. The monoisotopic (exact) mass is 356 g/mol. The molecule has 0 aromatic carbocycles. The topological polar surface area (TPSA) is 97.6 Å². The first-order chi connectivity index (χ1) is 12.6. The van der Waals surface area contributed by atoms with Gasteiger partial charge in [-0.2, -0.15) is 5.10 Å². The van der Waals surface area contributed by atoms with Crippen molar-refractivity contribution in [2.75, 3.05) is 19.7 Å². The van der Waals surface area contributed by atoms with Gasteiger partial charge in [0.1, 0.15) is 6.61 Å². The minimum atomic E-state index is -0.994. The molecule has 1 aliphatic heterocycles. The Morgan fingerprint density at radius 2 is 2.15 bits per heavy atom. The zero-order valence-corrected chi connectivity index (χ0v) is 14.2. The third kappa shape index (κ3) is 3.74. The van der Waals surface area contributed by atoms with Crippen LogP contribution in [0.15, 0.2) is 43.4 Å². The first-order valence-corrected chi connectivity index (χ1v) is 8.35. The van der Waals surface area contributed by atoms with Crippen molar-refractivity contribution < 1.29 is 19.4 Å². The third-order valence-electron chi connectivity index (χ3n) is 4.30. The maximum atomic E-state index is 12.8. The van der Waals surface area contributed by atoms with Gasteiger partial charge in [0, 0.05) is 25.5 Å². The minimum Gasteiger partial charge on any atom is -0.487 e. The SMILES string of the molecule is C=CCOc1cccnc1C(=O)N1CCC(n2cc(C(=O)O)cn2)CC1. The number of carbonyl (C=O) groups excluding carboxylic acids is 1. The molecule has 0 bridgehead atoms. The van der Waals surface area contributed by atoms with Gasteiger partial charge in [0.15, 0.2) is 11.4 Å². The van der Waals surface area contributed by atoms with Crippen LogP contribution in [-0.4, -0.2) is 56.3 Å². The van der Waals surface area contributed by atoms with E-state index in [4.69, 9.17) is 9.84 Å². The molecule has 0 unspecified atom stereocenters. The molecule has 0 aliphatic carbocycles. The Balaban J connectivity index is 1.65. The number of aromatic carboxylic acids is 1. The number of nitrogens with zero attached hydrogens (tertiary/aromatic N) is 4. The molecule has 0 spiro atoms. The van der Waals surface area contributed by atoms with E-state index in [-0.39, 0.29) is 17.5 Å². The summed E-state index contributed by atoms with van der Waals surface area (Å²) in [6, 6.07) is 3.51. The second-order valence-corrected chi connectivity index (χ2v) is 5.99. The first-order valence-electron chi connectivity index (χ1n) is 8.35. The minimum absolute atomic E-state index is 0.0763. The van der Waals surface area contributed by atoms with Gasteiger partial charge in [-0.3, -0.25) is 9.48 Å². The Hall–Kier alpha value is -3.16. The van der Waals surface area contributed by atoms with Crippen LogP contribution in [0.5, 0.6) is 5.75 Å². The van der Waals surface area contributed by atoms with E-state index in [1.54, 1.807) is 34.0 Å². The van der Waals surface area contributed by atoms with Crippen LogP contribution < -0.4 is 4.74 Å². The third-order valence-corrected chi connectivity index (χ3v) is 4.30. The fourth-order valence-corrected chi connectivity index (χ4v) is 2.95. The van der Waals surface area contributed by atoms with Crippen molar-refractivity contribution in [2.24, 2.45) is 0 Å². The van der Waals surface area contributed by atoms with Crippen molar-refractivity contribution in [2.45, 2.75) is 18.9 Å². The number of hydrogen-bond acceptors (Lipinski definition) is 5. The lowest BCUT2D eigenvalue weighted by Crippen LogP contribution is -2.39. The van der Waals surface area contributed by atoms with Crippen molar-refractivity contribution in [1.29, 1.82) is 0 Å². The molecule has 0 radical (unpaired) electrons. The smallest absolute Gasteiger partial charge is 0.338 e. The summed E-state index contributed by atoms with van der Waals surface area (Å²) in [5, 5.41) is 13.1. The van der Waals surface area contributed by atoms with Crippen molar-refractivity contribution in [1.82, 2.24) is 19.7 Å². The van der Waals surface area contributed by atoms with E-state index in [1.807, 2.05) is 0 Å². The Bertz CT molecular complexity index is 809. The molecule has 0 saturated carbocycles. The van der Waals surface area contributed by atoms with E-state index in [9.17, 15) is 9.59 Å².